The van der Waals surface area contributed by atoms with Gasteiger partial charge in [-0.15, -0.1) is 0 Å². The zero-order chi connectivity index (χ0) is 21.3. The van der Waals surface area contributed by atoms with E-state index in [1.165, 1.54) is 18.2 Å². The number of rotatable bonds is 2. The van der Waals surface area contributed by atoms with Crippen LogP contribution in [-0.2, 0) is 6.18 Å². The van der Waals surface area contributed by atoms with Gasteiger partial charge in [0.1, 0.15) is 0 Å². The average Bonchev–Trinajstić information content (AvgIpc) is 2.59. The zero-order valence-electron chi connectivity index (χ0n) is 15.2. The van der Waals surface area contributed by atoms with Crippen LogP contribution >= 0.6 is 23.2 Å². The maximum absolute atomic E-state index is 12.8. The lowest BCUT2D eigenvalue weighted by Gasteiger charge is -2.35. The molecular formula is C19H17Cl2F3N2O2. The minimum absolute atomic E-state index is 0.00244. The fraction of sp³-hybridized carbons (Fsp3) is 0.263. The van der Waals surface area contributed by atoms with Gasteiger partial charge in [0.2, 0.25) is 0 Å². The van der Waals surface area contributed by atoms with E-state index in [-0.39, 0.29) is 21.2 Å². The SMILES string of the molecule is CC(C)(C)N(NC(=O)c1ccc(Cl)c(Cl)c1)C(=O)c1ccc(C(F)(F)F)cc1. The Hall–Kier alpha value is -2.25. The monoisotopic (exact) mass is 432 g/mol. The van der Waals surface area contributed by atoms with Crippen LogP contribution in [0.1, 0.15) is 47.1 Å². The van der Waals surface area contributed by atoms with Gasteiger partial charge in [0, 0.05) is 11.1 Å². The molecular weight excluding hydrogens is 416 g/mol. The van der Waals surface area contributed by atoms with Crippen LogP contribution in [0.5, 0.6) is 0 Å². The number of alkyl halides is 3. The van der Waals surface area contributed by atoms with Gasteiger partial charge in [0.05, 0.1) is 21.1 Å². The topological polar surface area (TPSA) is 49.4 Å². The van der Waals surface area contributed by atoms with Crippen molar-refractivity contribution in [1.29, 1.82) is 0 Å². The molecule has 2 aromatic carbocycles. The van der Waals surface area contributed by atoms with E-state index < -0.39 is 29.1 Å². The second-order valence-electron chi connectivity index (χ2n) is 6.96. The zero-order valence-corrected chi connectivity index (χ0v) is 16.7. The molecule has 0 aromatic heterocycles. The van der Waals surface area contributed by atoms with Crippen molar-refractivity contribution < 1.29 is 22.8 Å². The highest BCUT2D eigenvalue weighted by molar-refractivity contribution is 6.42. The van der Waals surface area contributed by atoms with Gasteiger partial charge in [-0.25, -0.2) is 5.01 Å². The predicted molar refractivity (Wildman–Crippen MR) is 101 cm³/mol. The first-order valence-corrected chi connectivity index (χ1v) is 8.84. The van der Waals surface area contributed by atoms with Crippen LogP contribution in [0.25, 0.3) is 0 Å². The van der Waals surface area contributed by atoms with Crippen LogP contribution in [0.4, 0.5) is 13.2 Å². The lowest BCUT2D eigenvalue weighted by molar-refractivity contribution is -0.137. The van der Waals surface area contributed by atoms with Crippen LogP contribution in [0, 0.1) is 0 Å². The van der Waals surface area contributed by atoms with E-state index in [2.05, 4.69) is 5.43 Å². The van der Waals surface area contributed by atoms with Gasteiger partial charge < -0.3 is 0 Å². The molecule has 0 saturated heterocycles. The molecule has 0 fully saturated rings. The van der Waals surface area contributed by atoms with Crippen LogP contribution in [0.2, 0.25) is 10.0 Å². The number of amides is 2. The van der Waals surface area contributed by atoms with Crippen molar-refractivity contribution in [2.75, 3.05) is 0 Å². The Morgan fingerprint density at radius 1 is 0.893 bits per heavy atom. The molecule has 28 heavy (non-hydrogen) atoms. The molecule has 0 radical (unpaired) electrons. The predicted octanol–water partition coefficient (Wildman–Crippen LogP) is 5.60. The maximum Gasteiger partial charge on any atom is 0.416 e. The number of carbonyl (C=O) groups is 2. The first-order valence-electron chi connectivity index (χ1n) is 8.08. The third kappa shape index (κ3) is 5.17. The van der Waals surface area contributed by atoms with Gasteiger partial charge in [-0.3, -0.25) is 15.0 Å². The fourth-order valence-corrected chi connectivity index (χ4v) is 2.56. The summed E-state index contributed by atoms with van der Waals surface area (Å²) >= 11 is 11.7. The van der Waals surface area contributed by atoms with Crippen molar-refractivity contribution in [3.05, 3.63) is 69.2 Å². The molecule has 0 heterocycles. The van der Waals surface area contributed by atoms with E-state index >= 15 is 0 Å². The van der Waals surface area contributed by atoms with Gasteiger partial charge in [-0.2, -0.15) is 13.2 Å². The number of nitrogens with zero attached hydrogens (tertiary/aromatic N) is 1. The Morgan fingerprint density at radius 3 is 1.89 bits per heavy atom. The summed E-state index contributed by atoms with van der Waals surface area (Å²) in [5, 5.41) is 1.50. The minimum Gasteiger partial charge on any atom is -0.267 e. The standard InChI is InChI=1S/C19H17Cl2F3N2O2/c1-18(2,3)26(25-16(27)12-6-9-14(20)15(21)10-12)17(28)11-4-7-13(8-5-11)19(22,23)24/h4-10H,1-3H3,(H,25,27). The molecule has 1 N–H and O–H groups in total. The number of nitrogens with one attached hydrogen (secondary N) is 1. The summed E-state index contributed by atoms with van der Waals surface area (Å²) in [6, 6.07) is 7.99. The third-order valence-electron chi connectivity index (χ3n) is 3.73. The molecule has 0 unspecified atom stereocenters. The number of hydrazine groups is 1. The molecule has 0 saturated carbocycles. The normalized spacial score (nSPS) is 11.9. The van der Waals surface area contributed by atoms with Gasteiger partial charge in [-0.1, -0.05) is 23.2 Å². The van der Waals surface area contributed by atoms with Crippen molar-refractivity contribution in [2.45, 2.75) is 32.5 Å². The second kappa shape index (κ2) is 8.01. The van der Waals surface area contributed by atoms with E-state index in [9.17, 15) is 22.8 Å². The van der Waals surface area contributed by atoms with Crippen molar-refractivity contribution in [2.24, 2.45) is 0 Å². The summed E-state index contributed by atoms with van der Waals surface area (Å²) in [7, 11) is 0. The largest absolute Gasteiger partial charge is 0.416 e. The van der Waals surface area contributed by atoms with Crippen LogP contribution < -0.4 is 5.43 Å². The smallest absolute Gasteiger partial charge is 0.267 e. The van der Waals surface area contributed by atoms with E-state index in [1.54, 1.807) is 20.8 Å². The second-order valence-corrected chi connectivity index (χ2v) is 7.77. The first-order chi connectivity index (χ1) is 12.8. The van der Waals surface area contributed by atoms with Crippen molar-refractivity contribution in [1.82, 2.24) is 10.4 Å². The molecule has 0 aliphatic carbocycles. The highest BCUT2D eigenvalue weighted by atomic mass is 35.5. The summed E-state index contributed by atoms with van der Waals surface area (Å²) in [6.07, 6.45) is -4.51. The molecule has 0 aliphatic rings. The Kier molecular flexibility index (Phi) is 6.31. The fourth-order valence-electron chi connectivity index (χ4n) is 2.26. The van der Waals surface area contributed by atoms with Gasteiger partial charge in [0.25, 0.3) is 11.8 Å². The minimum atomic E-state index is -4.51. The molecule has 150 valence electrons. The van der Waals surface area contributed by atoms with Crippen molar-refractivity contribution >= 4 is 35.0 Å². The summed E-state index contributed by atoms with van der Waals surface area (Å²) < 4.78 is 38.2. The molecule has 0 atom stereocenters. The number of carbonyl (C=O) groups excluding carboxylic acids is 2. The number of benzene rings is 2. The average molecular weight is 433 g/mol. The number of hydrogen-bond acceptors (Lipinski definition) is 2. The highest BCUT2D eigenvalue weighted by Crippen LogP contribution is 2.29. The van der Waals surface area contributed by atoms with Gasteiger partial charge in [0.15, 0.2) is 0 Å². The maximum atomic E-state index is 12.8. The summed E-state index contributed by atoms with van der Waals surface area (Å²) in [4.78, 5) is 25.4. The Morgan fingerprint density at radius 2 is 1.43 bits per heavy atom. The Bertz CT molecular complexity index is 892. The van der Waals surface area contributed by atoms with Crippen LogP contribution in [0.3, 0.4) is 0 Å². The molecule has 2 amide bonds. The van der Waals surface area contributed by atoms with E-state index in [0.29, 0.717) is 0 Å². The van der Waals surface area contributed by atoms with E-state index in [1.807, 2.05) is 0 Å². The Balaban J connectivity index is 2.29. The molecule has 0 spiro atoms. The van der Waals surface area contributed by atoms with Gasteiger partial charge in [-0.05, 0) is 63.2 Å². The molecule has 2 rings (SSSR count). The molecule has 0 aliphatic heterocycles. The van der Waals surface area contributed by atoms with E-state index in [0.717, 1.165) is 29.3 Å². The highest BCUT2D eigenvalue weighted by Gasteiger charge is 2.32. The molecule has 2 aromatic rings. The van der Waals surface area contributed by atoms with Crippen molar-refractivity contribution in [3.8, 4) is 0 Å². The van der Waals surface area contributed by atoms with Crippen molar-refractivity contribution in [3.63, 3.8) is 0 Å². The van der Waals surface area contributed by atoms with Crippen LogP contribution in [-0.4, -0.2) is 22.4 Å². The summed E-state index contributed by atoms with van der Waals surface area (Å²) in [5.41, 5.74) is 0.927. The lowest BCUT2D eigenvalue weighted by atomic mass is 10.1. The lowest BCUT2D eigenvalue weighted by Crippen LogP contribution is -2.55. The van der Waals surface area contributed by atoms with Gasteiger partial charge >= 0.3 is 6.18 Å². The Labute approximate surface area is 170 Å². The molecule has 4 nitrogen and oxygen atoms in total. The third-order valence-corrected chi connectivity index (χ3v) is 4.47. The molecule has 9 heteroatoms. The molecule has 0 bridgehead atoms. The summed E-state index contributed by atoms with van der Waals surface area (Å²) in [6.45, 7) is 5.01. The first kappa shape index (κ1) is 22.0. The quantitative estimate of drug-likeness (QED) is 0.627. The van der Waals surface area contributed by atoms with Crippen LogP contribution in [0.15, 0.2) is 42.5 Å². The van der Waals surface area contributed by atoms with E-state index in [4.69, 9.17) is 23.2 Å². The number of halogens is 5. The summed E-state index contributed by atoms with van der Waals surface area (Å²) in [5.74, 6) is -1.27. The number of hydrogen-bond donors (Lipinski definition) is 1.